The van der Waals surface area contributed by atoms with E-state index < -0.39 is 0 Å². The smallest absolute Gasteiger partial charge is 0.252 e. The van der Waals surface area contributed by atoms with Crippen LogP contribution >= 0.6 is 11.6 Å². The molecule has 1 aliphatic rings. The number of halogens is 1. The summed E-state index contributed by atoms with van der Waals surface area (Å²) in [5.41, 5.74) is 6.65. The van der Waals surface area contributed by atoms with Gasteiger partial charge >= 0.3 is 0 Å². The molecule has 1 N–H and O–H groups in total. The molecule has 0 aliphatic carbocycles. The van der Waals surface area contributed by atoms with Crippen LogP contribution in [0.15, 0.2) is 77.9 Å². The first-order valence-electron chi connectivity index (χ1n) is 11.1. The molecule has 0 saturated carbocycles. The quantitative estimate of drug-likeness (QED) is 0.403. The highest BCUT2D eigenvalue weighted by Crippen LogP contribution is 2.34. The molecule has 168 valence electrons. The second-order valence-electron chi connectivity index (χ2n) is 8.55. The third-order valence-corrected chi connectivity index (χ3v) is 6.48. The van der Waals surface area contributed by atoms with Gasteiger partial charge in [-0.3, -0.25) is 4.79 Å². The molecule has 0 radical (unpaired) electrons. The average Bonchev–Trinajstić information content (AvgIpc) is 3.59. The molecule has 0 spiro atoms. The van der Waals surface area contributed by atoms with Crippen molar-refractivity contribution in [1.29, 1.82) is 0 Å². The summed E-state index contributed by atoms with van der Waals surface area (Å²) < 4.78 is 3.50. The number of hydrogen-bond donors (Lipinski definition) is 1. The molecule has 7 nitrogen and oxygen atoms in total. The maximum absolute atomic E-state index is 13.4. The number of imidazole rings is 1. The van der Waals surface area contributed by atoms with Gasteiger partial charge in [0, 0.05) is 17.3 Å². The van der Waals surface area contributed by atoms with E-state index in [0.29, 0.717) is 5.15 Å². The Bertz CT molecular complexity index is 1570. The van der Waals surface area contributed by atoms with E-state index in [1.165, 1.54) is 0 Å². The van der Waals surface area contributed by atoms with Crippen LogP contribution in [0.5, 0.6) is 0 Å². The molecule has 34 heavy (non-hydrogen) atoms. The SMILES string of the molecule is Cc1ccc(-n2cc(Cl)nn2)c(-c2cc3n(c(=O)c2)[C@H](c2ncc(-c4ccccc4)[nH]2)CC3)c1. The summed E-state index contributed by atoms with van der Waals surface area (Å²) in [5.74, 6) is 0.806. The van der Waals surface area contributed by atoms with Gasteiger partial charge in [0.1, 0.15) is 5.82 Å². The summed E-state index contributed by atoms with van der Waals surface area (Å²) >= 11 is 6.00. The Labute approximate surface area is 200 Å². The standard InChI is InChI=1S/C26H21ClN6O/c1-16-7-9-22(32-15-24(27)30-31-32)20(11-16)18-12-19-8-10-23(33(19)25(34)13-18)26-28-14-21(29-26)17-5-3-2-4-6-17/h2-7,9,11-15,23H,8,10H2,1H3,(H,28,29)/t23-/m0/s1. The van der Waals surface area contributed by atoms with Crippen LogP contribution in [0, 0.1) is 6.92 Å². The molecular weight excluding hydrogens is 448 g/mol. The Kier molecular flexibility index (Phi) is 4.92. The molecule has 0 bridgehead atoms. The Morgan fingerprint density at radius 3 is 2.71 bits per heavy atom. The lowest BCUT2D eigenvalue weighted by atomic mass is 10.0. The van der Waals surface area contributed by atoms with E-state index in [1.807, 2.05) is 60.2 Å². The number of nitrogens with one attached hydrogen (secondary N) is 1. The summed E-state index contributed by atoms with van der Waals surface area (Å²) in [4.78, 5) is 21.4. The predicted octanol–water partition coefficient (Wildman–Crippen LogP) is 4.98. The molecule has 0 unspecified atom stereocenters. The summed E-state index contributed by atoms with van der Waals surface area (Å²) in [6, 6.07) is 19.8. The molecule has 1 aliphatic heterocycles. The van der Waals surface area contributed by atoms with Gasteiger partial charge in [-0.25, -0.2) is 9.67 Å². The van der Waals surface area contributed by atoms with Crippen LogP contribution in [0.25, 0.3) is 28.1 Å². The third-order valence-electron chi connectivity index (χ3n) is 6.30. The largest absolute Gasteiger partial charge is 0.340 e. The lowest BCUT2D eigenvalue weighted by Crippen LogP contribution is -2.23. The zero-order valence-electron chi connectivity index (χ0n) is 18.4. The molecule has 0 fully saturated rings. The maximum Gasteiger partial charge on any atom is 0.252 e. The predicted molar refractivity (Wildman–Crippen MR) is 131 cm³/mol. The zero-order valence-corrected chi connectivity index (χ0v) is 19.2. The summed E-state index contributed by atoms with van der Waals surface area (Å²) in [5, 5.41) is 8.33. The lowest BCUT2D eigenvalue weighted by molar-refractivity contribution is 0.572. The second-order valence-corrected chi connectivity index (χ2v) is 8.94. The molecule has 6 rings (SSSR count). The number of benzene rings is 2. The minimum atomic E-state index is -0.111. The minimum Gasteiger partial charge on any atom is -0.340 e. The van der Waals surface area contributed by atoms with Crippen molar-refractivity contribution in [2.75, 3.05) is 0 Å². The topological polar surface area (TPSA) is 81.4 Å². The Morgan fingerprint density at radius 2 is 1.91 bits per heavy atom. The van der Waals surface area contributed by atoms with Crippen LogP contribution < -0.4 is 5.56 Å². The van der Waals surface area contributed by atoms with Gasteiger partial charge in [0.25, 0.3) is 5.56 Å². The van der Waals surface area contributed by atoms with Crippen LogP contribution in [0.2, 0.25) is 5.15 Å². The summed E-state index contributed by atoms with van der Waals surface area (Å²) in [6.45, 7) is 2.03. The first-order chi connectivity index (χ1) is 16.6. The van der Waals surface area contributed by atoms with Crippen LogP contribution in [-0.4, -0.2) is 29.5 Å². The van der Waals surface area contributed by atoms with Crippen LogP contribution in [0.1, 0.15) is 29.5 Å². The lowest BCUT2D eigenvalue weighted by Gasteiger charge is -2.15. The number of fused-ring (bicyclic) bond motifs is 1. The van der Waals surface area contributed by atoms with Crippen molar-refractivity contribution in [2.24, 2.45) is 0 Å². The van der Waals surface area contributed by atoms with Crippen molar-refractivity contribution in [3.8, 4) is 28.1 Å². The fourth-order valence-corrected chi connectivity index (χ4v) is 4.85. The van der Waals surface area contributed by atoms with E-state index in [4.69, 9.17) is 11.6 Å². The Balaban J connectivity index is 1.40. The van der Waals surface area contributed by atoms with Gasteiger partial charge in [0.15, 0.2) is 5.15 Å². The van der Waals surface area contributed by atoms with Crippen molar-refractivity contribution in [3.05, 3.63) is 106 Å². The second kappa shape index (κ2) is 8.11. The third kappa shape index (κ3) is 3.54. The molecule has 2 aromatic carbocycles. The van der Waals surface area contributed by atoms with E-state index >= 15 is 0 Å². The van der Waals surface area contributed by atoms with E-state index in [1.54, 1.807) is 16.9 Å². The molecule has 8 heteroatoms. The highest BCUT2D eigenvalue weighted by molar-refractivity contribution is 6.29. The number of aromatic amines is 1. The number of aryl methyl sites for hydroxylation is 2. The van der Waals surface area contributed by atoms with Gasteiger partial charge < -0.3 is 9.55 Å². The van der Waals surface area contributed by atoms with Crippen molar-refractivity contribution >= 4 is 11.6 Å². The van der Waals surface area contributed by atoms with E-state index in [-0.39, 0.29) is 11.6 Å². The number of H-pyrrole nitrogens is 1. The summed E-state index contributed by atoms with van der Waals surface area (Å²) in [6.07, 6.45) is 5.11. The summed E-state index contributed by atoms with van der Waals surface area (Å²) in [7, 11) is 0. The van der Waals surface area contributed by atoms with Gasteiger partial charge in [0.2, 0.25) is 0 Å². The van der Waals surface area contributed by atoms with Gasteiger partial charge in [-0.2, -0.15) is 0 Å². The highest BCUT2D eigenvalue weighted by Gasteiger charge is 2.28. The van der Waals surface area contributed by atoms with Gasteiger partial charge in [-0.15, -0.1) is 5.10 Å². The maximum atomic E-state index is 13.4. The first kappa shape index (κ1) is 20.6. The molecule has 1 atom stereocenters. The monoisotopic (exact) mass is 468 g/mol. The van der Waals surface area contributed by atoms with Crippen LogP contribution in [0.4, 0.5) is 0 Å². The van der Waals surface area contributed by atoms with Crippen LogP contribution in [0.3, 0.4) is 0 Å². The number of nitrogens with zero attached hydrogens (tertiary/aromatic N) is 5. The fraction of sp³-hybridized carbons (Fsp3) is 0.154. The molecule has 3 aromatic heterocycles. The van der Waals surface area contributed by atoms with Crippen molar-refractivity contribution in [2.45, 2.75) is 25.8 Å². The molecule has 0 amide bonds. The Morgan fingerprint density at radius 1 is 1.06 bits per heavy atom. The van der Waals surface area contributed by atoms with Crippen molar-refractivity contribution in [3.63, 3.8) is 0 Å². The highest BCUT2D eigenvalue weighted by atomic mass is 35.5. The number of rotatable bonds is 4. The normalized spacial score (nSPS) is 14.9. The average molecular weight is 469 g/mol. The molecule has 0 saturated heterocycles. The van der Waals surface area contributed by atoms with E-state index in [9.17, 15) is 4.79 Å². The van der Waals surface area contributed by atoms with E-state index in [0.717, 1.165) is 58.0 Å². The van der Waals surface area contributed by atoms with E-state index in [2.05, 4.69) is 32.4 Å². The van der Waals surface area contributed by atoms with Gasteiger partial charge in [-0.1, -0.05) is 58.8 Å². The molecule has 4 heterocycles. The number of pyridine rings is 1. The van der Waals surface area contributed by atoms with Crippen molar-refractivity contribution < 1.29 is 0 Å². The van der Waals surface area contributed by atoms with Crippen molar-refractivity contribution in [1.82, 2.24) is 29.5 Å². The molecular formula is C26H21ClN6O. The first-order valence-corrected chi connectivity index (χ1v) is 11.5. The van der Waals surface area contributed by atoms with Gasteiger partial charge in [0.05, 0.1) is 29.8 Å². The minimum absolute atomic E-state index is 0.0447. The molecule has 5 aromatic rings. The Hall–Kier alpha value is -3.97. The number of aromatic nitrogens is 6. The zero-order chi connectivity index (χ0) is 23.2. The fourth-order valence-electron chi connectivity index (χ4n) is 4.72. The van der Waals surface area contributed by atoms with Gasteiger partial charge in [-0.05, 0) is 49.1 Å². The number of hydrogen-bond acceptors (Lipinski definition) is 4. The van der Waals surface area contributed by atoms with Crippen LogP contribution in [-0.2, 0) is 6.42 Å².